The average Bonchev–Trinajstić information content (AvgIpc) is 2.85. The Morgan fingerprint density at radius 3 is 2.29 bits per heavy atom. The van der Waals surface area contributed by atoms with Crippen LogP contribution in [0.1, 0.15) is 5.56 Å². The van der Waals surface area contributed by atoms with E-state index in [1.165, 1.54) is 14.2 Å². The summed E-state index contributed by atoms with van der Waals surface area (Å²) in [4.78, 5) is 22.7. The summed E-state index contributed by atoms with van der Waals surface area (Å²) < 4.78 is 12.4. The third-order valence-electron chi connectivity index (χ3n) is 5.50. The summed E-state index contributed by atoms with van der Waals surface area (Å²) in [5.74, 6) is 1.08. The van der Waals surface area contributed by atoms with Gasteiger partial charge in [0.1, 0.15) is 17.1 Å². The van der Waals surface area contributed by atoms with Crippen LogP contribution in [0.3, 0.4) is 0 Å². The van der Waals surface area contributed by atoms with Gasteiger partial charge in [0.05, 0.1) is 29.8 Å². The van der Waals surface area contributed by atoms with Crippen LogP contribution in [0.2, 0.25) is 10.0 Å². The Morgan fingerprint density at radius 1 is 1.06 bits per heavy atom. The van der Waals surface area contributed by atoms with Crippen molar-refractivity contribution in [3.8, 4) is 22.6 Å². The lowest BCUT2D eigenvalue weighted by Crippen LogP contribution is -2.24. The number of nitrogens with one attached hydrogen (secondary N) is 1. The van der Waals surface area contributed by atoms with E-state index in [0.717, 1.165) is 5.56 Å². The first-order valence-corrected chi connectivity index (χ1v) is 11.2. The molecule has 4 aromatic rings. The normalized spacial score (nSPS) is 11.0. The van der Waals surface area contributed by atoms with E-state index in [1.807, 2.05) is 24.3 Å². The predicted molar refractivity (Wildman–Crippen MR) is 136 cm³/mol. The van der Waals surface area contributed by atoms with Crippen LogP contribution in [0.5, 0.6) is 11.5 Å². The molecular weight excluding hydrogens is 477 g/mol. The maximum Gasteiger partial charge on any atom is 0.260 e. The first-order valence-electron chi connectivity index (χ1n) is 10.4. The number of hydrogen-bond acceptors (Lipinski definition) is 7. The Balaban J connectivity index is 1.95. The average molecular weight is 500 g/mol. The highest BCUT2D eigenvalue weighted by Crippen LogP contribution is 2.45. The van der Waals surface area contributed by atoms with Gasteiger partial charge in [0.2, 0.25) is 5.95 Å². The van der Waals surface area contributed by atoms with Crippen molar-refractivity contribution in [2.75, 3.05) is 32.3 Å². The van der Waals surface area contributed by atoms with E-state index < -0.39 is 0 Å². The molecule has 0 saturated heterocycles. The molecule has 0 aliphatic heterocycles. The van der Waals surface area contributed by atoms with E-state index in [-0.39, 0.29) is 21.2 Å². The number of nitrogen functional groups attached to an aromatic ring is 1. The van der Waals surface area contributed by atoms with Crippen molar-refractivity contribution in [3.63, 3.8) is 0 Å². The maximum atomic E-state index is 13.8. The minimum Gasteiger partial charge on any atom is -0.495 e. The largest absolute Gasteiger partial charge is 0.495 e. The van der Waals surface area contributed by atoms with Crippen LogP contribution in [-0.4, -0.2) is 35.8 Å². The first-order chi connectivity index (χ1) is 16.4. The zero-order chi connectivity index (χ0) is 24.4. The van der Waals surface area contributed by atoms with E-state index in [1.54, 1.807) is 29.9 Å². The van der Waals surface area contributed by atoms with Crippen LogP contribution in [0.15, 0.2) is 47.4 Å². The fourth-order valence-corrected chi connectivity index (χ4v) is 4.42. The molecule has 176 valence electrons. The van der Waals surface area contributed by atoms with Crippen molar-refractivity contribution >= 4 is 45.9 Å². The lowest BCUT2D eigenvalue weighted by Gasteiger charge is -2.17. The number of hydrogen-bond donors (Lipinski definition) is 2. The van der Waals surface area contributed by atoms with Crippen LogP contribution in [0.25, 0.3) is 22.2 Å². The number of methoxy groups -OCH3 is 2. The quantitative estimate of drug-likeness (QED) is 0.356. The highest BCUT2D eigenvalue weighted by Gasteiger charge is 2.23. The second-order valence-corrected chi connectivity index (χ2v) is 8.27. The number of halogens is 2. The molecule has 0 fully saturated rings. The Hall–Kier alpha value is -3.49. The van der Waals surface area contributed by atoms with Gasteiger partial charge in [-0.2, -0.15) is 4.98 Å². The van der Waals surface area contributed by atoms with Crippen LogP contribution in [0.4, 0.5) is 11.6 Å². The van der Waals surface area contributed by atoms with Crippen LogP contribution in [0, 0.1) is 0 Å². The summed E-state index contributed by atoms with van der Waals surface area (Å²) in [6.07, 6.45) is 2.23. The molecule has 0 radical (unpaired) electrons. The summed E-state index contributed by atoms with van der Waals surface area (Å²) in [6.45, 7) is 0.365. The van der Waals surface area contributed by atoms with Gasteiger partial charge in [-0.3, -0.25) is 9.36 Å². The number of aromatic nitrogens is 3. The second kappa shape index (κ2) is 9.79. The molecule has 34 heavy (non-hydrogen) atoms. The van der Waals surface area contributed by atoms with Gasteiger partial charge in [-0.05, 0) is 30.2 Å². The zero-order valence-electron chi connectivity index (χ0n) is 18.9. The molecule has 0 spiro atoms. The number of rotatable bonds is 7. The molecule has 3 N–H and O–H groups in total. The molecule has 2 aromatic carbocycles. The minimum atomic E-state index is -0.303. The van der Waals surface area contributed by atoms with E-state index >= 15 is 0 Å². The van der Waals surface area contributed by atoms with Crippen molar-refractivity contribution in [1.29, 1.82) is 0 Å². The number of aryl methyl sites for hydroxylation is 2. The molecule has 2 heterocycles. The Bertz CT molecular complexity index is 1390. The lowest BCUT2D eigenvalue weighted by atomic mass is 10.0. The standard InChI is InChI=1S/C24H23Cl2N5O3/c1-28-24-29-12-14-10-16(19-20(25)17(33-2)11-18(34-3)21(19)26)23(32)31(22(14)30-24)9-8-13-4-6-15(27)7-5-13/h4-7,10-12H,8-9,27H2,1-3H3,(H,28,29,30). The summed E-state index contributed by atoms with van der Waals surface area (Å²) in [7, 11) is 4.68. The molecular formula is C24H23Cl2N5O3. The highest BCUT2D eigenvalue weighted by atomic mass is 35.5. The second-order valence-electron chi connectivity index (χ2n) is 7.51. The lowest BCUT2D eigenvalue weighted by molar-refractivity contribution is 0.395. The summed E-state index contributed by atoms with van der Waals surface area (Å²) >= 11 is 13.2. The van der Waals surface area contributed by atoms with Gasteiger partial charge in [-0.15, -0.1) is 0 Å². The summed E-state index contributed by atoms with van der Waals surface area (Å²) in [5, 5.41) is 3.99. The first kappa shape index (κ1) is 23.7. The molecule has 0 bridgehead atoms. The van der Waals surface area contributed by atoms with Crippen LogP contribution >= 0.6 is 23.2 Å². The van der Waals surface area contributed by atoms with Gasteiger partial charge in [-0.1, -0.05) is 35.3 Å². The number of anilines is 2. The monoisotopic (exact) mass is 499 g/mol. The van der Waals surface area contributed by atoms with Gasteiger partial charge in [0.25, 0.3) is 5.56 Å². The molecule has 4 rings (SSSR count). The summed E-state index contributed by atoms with van der Waals surface area (Å²) in [5.41, 5.74) is 8.31. The van der Waals surface area contributed by atoms with Crippen molar-refractivity contribution in [1.82, 2.24) is 14.5 Å². The van der Waals surface area contributed by atoms with Crippen molar-refractivity contribution in [2.24, 2.45) is 0 Å². The maximum absolute atomic E-state index is 13.8. The SMILES string of the molecule is CNc1ncc2cc(-c3c(Cl)c(OC)cc(OC)c3Cl)c(=O)n(CCc3ccc(N)cc3)c2n1. The number of nitrogens with zero attached hydrogens (tertiary/aromatic N) is 3. The number of pyridine rings is 1. The molecule has 2 aromatic heterocycles. The number of fused-ring (bicyclic) bond motifs is 1. The van der Waals surface area contributed by atoms with Crippen LogP contribution < -0.4 is 26.1 Å². The molecule has 0 atom stereocenters. The van der Waals surface area contributed by atoms with Crippen molar-refractivity contribution in [2.45, 2.75) is 13.0 Å². The summed E-state index contributed by atoms with van der Waals surface area (Å²) in [6, 6.07) is 10.8. The van der Waals surface area contributed by atoms with E-state index in [4.69, 9.17) is 38.4 Å². The number of nitrogens with two attached hydrogens (primary N) is 1. The molecule has 0 unspecified atom stereocenters. The minimum absolute atomic E-state index is 0.211. The van der Waals surface area contributed by atoms with Gasteiger partial charge in [0.15, 0.2) is 0 Å². The molecule has 0 aliphatic carbocycles. The smallest absolute Gasteiger partial charge is 0.260 e. The van der Waals surface area contributed by atoms with E-state index in [2.05, 4.69) is 15.3 Å². The fourth-order valence-electron chi connectivity index (χ4n) is 3.71. The van der Waals surface area contributed by atoms with Gasteiger partial charge < -0.3 is 20.5 Å². The van der Waals surface area contributed by atoms with Gasteiger partial charge in [0, 0.05) is 42.5 Å². The van der Waals surface area contributed by atoms with Crippen molar-refractivity contribution < 1.29 is 9.47 Å². The van der Waals surface area contributed by atoms with Gasteiger partial charge >= 0.3 is 0 Å². The van der Waals surface area contributed by atoms with Gasteiger partial charge in [-0.25, -0.2) is 4.98 Å². The Labute approximate surface area is 206 Å². The number of benzene rings is 2. The fraction of sp³-hybridized carbons (Fsp3) is 0.208. The van der Waals surface area contributed by atoms with Crippen molar-refractivity contribution in [3.05, 3.63) is 68.6 Å². The molecule has 0 amide bonds. The molecule has 10 heteroatoms. The van der Waals surface area contributed by atoms with E-state index in [0.29, 0.717) is 52.7 Å². The molecule has 0 saturated carbocycles. The zero-order valence-corrected chi connectivity index (χ0v) is 20.4. The highest BCUT2D eigenvalue weighted by molar-refractivity contribution is 6.41. The Kier molecular flexibility index (Phi) is 6.81. The van der Waals surface area contributed by atoms with Crippen LogP contribution in [-0.2, 0) is 13.0 Å². The Morgan fingerprint density at radius 2 is 1.71 bits per heavy atom. The molecule has 0 aliphatic rings. The molecule has 8 nitrogen and oxygen atoms in total. The predicted octanol–water partition coefficient (Wildman–Crippen LogP) is 4.65. The third-order valence-corrected chi connectivity index (χ3v) is 6.25. The third kappa shape index (κ3) is 4.34. The topological polar surface area (TPSA) is 104 Å². The van der Waals surface area contributed by atoms with E-state index in [9.17, 15) is 4.79 Å². The number of ether oxygens (including phenoxy) is 2.